The molecule has 1 aliphatic heterocycles. The number of nitrogens with zero attached hydrogens (tertiary/aromatic N) is 1. The fraction of sp³-hybridized carbons (Fsp3) is 0.368. The largest absolute Gasteiger partial charge is 0.497 e. The van der Waals surface area contributed by atoms with Crippen molar-refractivity contribution >= 4 is 10.0 Å². The molecule has 1 aliphatic rings. The highest BCUT2D eigenvalue weighted by atomic mass is 32.2. The van der Waals surface area contributed by atoms with Gasteiger partial charge < -0.3 is 9.47 Å². The Bertz CT molecular complexity index is 918. The predicted octanol–water partition coefficient (Wildman–Crippen LogP) is 2.33. The van der Waals surface area contributed by atoms with Gasteiger partial charge in [-0.15, -0.1) is 0 Å². The van der Waals surface area contributed by atoms with Gasteiger partial charge in [0.05, 0.1) is 20.3 Å². The molecule has 0 saturated carbocycles. The number of sulfonamides is 1. The molecular formula is C19H22F2N2O4S. The molecule has 3 rings (SSSR count). The van der Waals surface area contributed by atoms with Gasteiger partial charge in [-0.2, -0.15) is 0 Å². The van der Waals surface area contributed by atoms with Crippen LogP contribution in [-0.4, -0.2) is 53.3 Å². The van der Waals surface area contributed by atoms with Gasteiger partial charge in [-0.25, -0.2) is 21.9 Å². The summed E-state index contributed by atoms with van der Waals surface area (Å²) in [6, 6.07) is 9.36. The average molecular weight is 412 g/mol. The van der Waals surface area contributed by atoms with E-state index in [-0.39, 0.29) is 12.6 Å². The summed E-state index contributed by atoms with van der Waals surface area (Å²) in [4.78, 5) is 1.38. The number of rotatable bonds is 7. The Morgan fingerprint density at radius 3 is 2.64 bits per heavy atom. The summed E-state index contributed by atoms with van der Waals surface area (Å²) in [5.74, 6) is -1.17. The summed E-state index contributed by atoms with van der Waals surface area (Å²) in [5.41, 5.74) is 0.851. The predicted molar refractivity (Wildman–Crippen MR) is 99.7 cm³/mol. The molecule has 1 atom stereocenters. The zero-order valence-electron chi connectivity index (χ0n) is 15.4. The van der Waals surface area contributed by atoms with Gasteiger partial charge in [0.2, 0.25) is 10.0 Å². The highest BCUT2D eigenvalue weighted by molar-refractivity contribution is 7.89. The molecule has 9 heteroatoms. The summed E-state index contributed by atoms with van der Waals surface area (Å²) >= 11 is 0. The van der Waals surface area contributed by atoms with E-state index in [9.17, 15) is 17.2 Å². The van der Waals surface area contributed by atoms with E-state index in [2.05, 4.69) is 9.62 Å². The van der Waals surface area contributed by atoms with Crippen molar-refractivity contribution in [3.8, 4) is 5.75 Å². The third-order valence-corrected chi connectivity index (χ3v) is 6.05. The highest BCUT2D eigenvalue weighted by Gasteiger charge is 2.27. The molecule has 152 valence electrons. The molecule has 0 amide bonds. The zero-order valence-corrected chi connectivity index (χ0v) is 16.2. The van der Waals surface area contributed by atoms with Gasteiger partial charge in [0.15, 0.2) is 0 Å². The van der Waals surface area contributed by atoms with E-state index >= 15 is 0 Å². The van der Waals surface area contributed by atoms with Crippen molar-refractivity contribution in [1.29, 1.82) is 0 Å². The summed E-state index contributed by atoms with van der Waals surface area (Å²) in [6.07, 6.45) is 0. The number of methoxy groups -OCH3 is 1. The first-order valence-electron chi connectivity index (χ1n) is 8.81. The summed E-state index contributed by atoms with van der Waals surface area (Å²) < 4.78 is 65.5. The normalized spacial score (nSPS) is 16.7. The summed E-state index contributed by atoms with van der Waals surface area (Å²) in [6.45, 7) is 2.30. The lowest BCUT2D eigenvalue weighted by Crippen LogP contribution is -2.43. The van der Waals surface area contributed by atoms with E-state index in [0.29, 0.717) is 38.1 Å². The van der Waals surface area contributed by atoms with Crippen LogP contribution in [0.25, 0.3) is 0 Å². The fourth-order valence-electron chi connectivity index (χ4n) is 3.15. The molecule has 6 nitrogen and oxygen atoms in total. The van der Waals surface area contributed by atoms with Crippen LogP contribution in [-0.2, 0) is 14.8 Å². The fourth-order valence-corrected chi connectivity index (χ4v) is 4.27. The summed E-state index contributed by atoms with van der Waals surface area (Å²) in [5, 5.41) is 0. The van der Waals surface area contributed by atoms with E-state index in [1.807, 2.05) is 18.2 Å². The van der Waals surface area contributed by atoms with Crippen molar-refractivity contribution in [2.24, 2.45) is 0 Å². The lowest BCUT2D eigenvalue weighted by Gasteiger charge is -2.35. The Hall–Kier alpha value is -2.07. The van der Waals surface area contributed by atoms with Gasteiger partial charge in [0, 0.05) is 25.7 Å². The molecule has 0 aromatic heterocycles. The van der Waals surface area contributed by atoms with Gasteiger partial charge in [-0.3, -0.25) is 4.90 Å². The van der Waals surface area contributed by atoms with Crippen LogP contribution in [0.4, 0.5) is 8.78 Å². The van der Waals surface area contributed by atoms with Crippen molar-refractivity contribution in [1.82, 2.24) is 9.62 Å². The Morgan fingerprint density at radius 1 is 1.18 bits per heavy atom. The van der Waals surface area contributed by atoms with Gasteiger partial charge in [0.25, 0.3) is 0 Å². The standard InChI is InChI=1S/C19H22F2N2O4S/c1-26-16-4-2-3-14(11-16)18(23-7-9-27-10-8-23)13-22-28(24,25)19-12-15(20)5-6-17(19)21/h2-6,11-12,18,22H,7-10,13H2,1H3/t18-/m0/s1. The molecule has 0 spiro atoms. The first-order valence-corrected chi connectivity index (χ1v) is 10.3. The van der Waals surface area contributed by atoms with E-state index in [4.69, 9.17) is 9.47 Å². The monoisotopic (exact) mass is 412 g/mol. The molecule has 0 bridgehead atoms. The molecule has 2 aromatic rings. The smallest absolute Gasteiger partial charge is 0.243 e. The maximum atomic E-state index is 13.9. The van der Waals surface area contributed by atoms with Crippen LogP contribution in [0, 0.1) is 11.6 Å². The Kier molecular flexibility index (Phi) is 6.61. The van der Waals surface area contributed by atoms with Crippen LogP contribution in [0.2, 0.25) is 0 Å². The summed E-state index contributed by atoms with van der Waals surface area (Å²) in [7, 11) is -2.67. The van der Waals surface area contributed by atoms with Gasteiger partial charge in [-0.05, 0) is 35.9 Å². The lowest BCUT2D eigenvalue weighted by atomic mass is 10.0. The number of morpholine rings is 1. The van der Waals surface area contributed by atoms with Gasteiger partial charge >= 0.3 is 0 Å². The van der Waals surface area contributed by atoms with Crippen LogP contribution >= 0.6 is 0 Å². The van der Waals surface area contributed by atoms with E-state index in [1.165, 1.54) is 0 Å². The third kappa shape index (κ3) is 4.85. The molecule has 28 heavy (non-hydrogen) atoms. The Labute approximate surface area is 163 Å². The number of hydrogen-bond acceptors (Lipinski definition) is 5. The van der Waals surface area contributed by atoms with E-state index < -0.39 is 26.6 Å². The first-order chi connectivity index (χ1) is 13.4. The molecule has 1 heterocycles. The minimum Gasteiger partial charge on any atom is -0.497 e. The maximum absolute atomic E-state index is 13.9. The molecular weight excluding hydrogens is 390 g/mol. The molecule has 0 radical (unpaired) electrons. The van der Waals surface area contributed by atoms with Crippen LogP contribution in [0.15, 0.2) is 47.4 Å². The molecule has 1 N–H and O–H groups in total. The molecule has 1 saturated heterocycles. The second kappa shape index (κ2) is 8.95. The SMILES string of the molecule is COc1cccc([C@H](CNS(=O)(=O)c2cc(F)ccc2F)N2CCOCC2)c1. The van der Waals surface area contributed by atoms with Crippen LogP contribution in [0.3, 0.4) is 0 Å². The van der Waals surface area contributed by atoms with Gasteiger partial charge in [-0.1, -0.05) is 12.1 Å². The first kappa shape index (κ1) is 20.7. The van der Waals surface area contributed by atoms with Crippen molar-refractivity contribution in [3.63, 3.8) is 0 Å². The average Bonchev–Trinajstić information content (AvgIpc) is 2.71. The lowest BCUT2D eigenvalue weighted by molar-refractivity contribution is 0.0171. The molecule has 0 aliphatic carbocycles. The molecule has 0 unspecified atom stereocenters. The second-order valence-electron chi connectivity index (χ2n) is 6.37. The van der Waals surface area contributed by atoms with E-state index in [1.54, 1.807) is 13.2 Å². The number of nitrogens with one attached hydrogen (secondary N) is 1. The minimum atomic E-state index is -4.23. The quantitative estimate of drug-likeness (QED) is 0.756. The number of halogens is 2. The topological polar surface area (TPSA) is 67.9 Å². The maximum Gasteiger partial charge on any atom is 0.243 e. The minimum absolute atomic E-state index is 0.00848. The highest BCUT2D eigenvalue weighted by Crippen LogP contribution is 2.25. The molecule has 2 aromatic carbocycles. The zero-order chi connectivity index (χ0) is 20.1. The number of ether oxygens (including phenoxy) is 2. The Morgan fingerprint density at radius 2 is 1.93 bits per heavy atom. The number of hydrogen-bond donors (Lipinski definition) is 1. The number of benzene rings is 2. The van der Waals surface area contributed by atoms with Crippen molar-refractivity contribution < 1.29 is 26.7 Å². The van der Waals surface area contributed by atoms with Crippen molar-refractivity contribution in [2.75, 3.05) is 40.0 Å². The van der Waals surface area contributed by atoms with Gasteiger partial charge in [0.1, 0.15) is 22.3 Å². The van der Waals surface area contributed by atoms with Crippen LogP contribution in [0.1, 0.15) is 11.6 Å². The van der Waals surface area contributed by atoms with Crippen molar-refractivity contribution in [2.45, 2.75) is 10.9 Å². The van der Waals surface area contributed by atoms with Crippen molar-refractivity contribution in [3.05, 3.63) is 59.7 Å². The second-order valence-corrected chi connectivity index (χ2v) is 8.10. The Balaban J connectivity index is 1.85. The molecule has 1 fully saturated rings. The van der Waals surface area contributed by atoms with Crippen LogP contribution in [0.5, 0.6) is 5.75 Å². The van der Waals surface area contributed by atoms with E-state index in [0.717, 1.165) is 17.7 Å². The third-order valence-electron chi connectivity index (χ3n) is 4.61. The van der Waals surface area contributed by atoms with Crippen LogP contribution < -0.4 is 9.46 Å².